The summed E-state index contributed by atoms with van der Waals surface area (Å²) in [5.41, 5.74) is 0. The minimum Gasteiger partial charge on any atom is -0.453 e. The standard InChI is InChI=1S/C10H13BrN2O4S2/c1-17-10(14)12-3-5-13(6-4-12)19(15,16)9-8(11)2-7-18-9/h2,7H,3-6H2,1H3. The molecule has 1 aliphatic heterocycles. The fourth-order valence-corrected chi connectivity index (χ4v) is 5.69. The molecule has 0 aromatic carbocycles. The lowest BCUT2D eigenvalue weighted by molar-refractivity contribution is 0.108. The van der Waals surface area contributed by atoms with Crippen LogP contribution in [0.2, 0.25) is 0 Å². The lowest BCUT2D eigenvalue weighted by atomic mass is 10.4. The van der Waals surface area contributed by atoms with Crippen molar-refractivity contribution in [1.82, 2.24) is 9.21 Å². The van der Waals surface area contributed by atoms with E-state index in [1.54, 1.807) is 11.4 Å². The van der Waals surface area contributed by atoms with Gasteiger partial charge in [0, 0.05) is 30.7 Å². The Labute approximate surface area is 124 Å². The van der Waals surface area contributed by atoms with Gasteiger partial charge in [-0.25, -0.2) is 13.2 Å². The van der Waals surface area contributed by atoms with Crippen LogP contribution in [-0.2, 0) is 14.8 Å². The maximum atomic E-state index is 12.4. The Kier molecular flexibility index (Phi) is 4.49. The number of sulfonamides is 1. The Bertz CT molecular complexity index is 564. The van der Waals surface area contributed by atoms with Gasteiger partial charge in [0.15, 0.2) is 0 Å². The van der Waals surface area contributed by atoms with Gasteiger partial charge in [0.05, 0.1) is 7.11 Å². The maximum Gasteiger partial charge on any atom is 0.409 e. The van der Waals surface area contributed by atoms with Crippen LogP contribution in [0, 0.1) is 0 Å². The Morgan fingerprint density at radius 1 is 1.37 bits per heavy atom. The zero-order valence-corrected chi connectivity index (χ0v) is 13.4. The quantitative estimate of drug-likeness (QED) is 0.794. The van der Waals surface area contributed by atoms with Crippen LogP contribution >= 0.6 is 27.3 Å². The Balaban J connectivity index is 2.10. The van der Waals surface area contributed by atoms with E-state index in [4.69, 9.17) is 0 Å². The lowest BCUT2D eigenvalue weighted by Crippen LogP contribution is -2.50. The van der Waals surface area contributed by atoms with Crippen LogP contribution in [-0.4, -0.2) is 57.0 Å². The average molecular weight is 369 g/mol. The van der Waals surface area contributed by atoms with Crippen molar-refractivity contribution < 1.29 is 17.9 Å². The molecule has 19 heavy (non-hydrogen) atoms. The molecule has 0 saturated carbocycles. The van der Waals surface area contributed by atoms with Crippen LogP contribution in [0.4, 0.5) is 4.79 Å². The second kappa shape index (κ2) is 5.78. The summed E-state index contributed by atoms with van der Waals surface area (Å²) in [7, 11) is -2.17. The summed E-state index contributed by atoms with van der Waals surface area (Å²) in [6.07, 6.45) is -0.422. The van der Waals surface area contributed by atoms with Crippen molar-refractivity contribution >= 4 is 43.4 Å². The molecule has 106 valence electrons. The molecular weight excluding hydrogens is 356 g/mol. The Morgan fingerprint density at radius 3 is 2.47 bits per heavy atom. The van der Waals surface area contributed by atoms with Crippen LogP contribution in [0.25, 0.3) is 0 Å². The van der Waals surface area contributed by atoms with Crippen LogP contribution in [0.5, 0.6) is 0 Å². The Hall–Kier alpha value is -0.640. The highest BCUT2D eigenvalue weighted by atomic mass is 79.9. The summed E-state index contributed by atoms with van der Waals surface area (Å²) in [6, 6.07) is 1.71. The number of halogens is 1. The van der Waals surface area contributed by atoms with Crippen molar-refractivity contribution in [2.45, 2.75) is 4.21 Å². The van der Waals surface area contributed by atoms with Gasteiger partial charge in [0.1, 0.15) is 4.21 Å². The molecule has 0 N–H and O–H groups in total. The molecule has 1 aliphatic rings. The molecule has 0 unspecified atom stereocenters. The number of rotatable bonds is 2. The molecule has 1 fully saturated rings. The first-order valence-corrected chi connectivity index (χ1v) is 8.64. The summed E-state index contributed by atoms with van der Waals surface area (Å²) in [4.78, 5) is 12.8. The van der Waals surface area contributed by atoms with Crippen molar-refractivity contribution in [3.05, 3.63) is 15.9 Å². The molecule has 1 aromatic rings. The number of thiophene rings is 1. The van der Waals surface area contributed by atoms with E-state index < -0.39 is 16.1 Å². The monoisotopic (exact) mass is 368 g/mol. The molecule has 2 rings (SSSR count). The fourth-order valence-electron chi connectivity index (χ4n) is 1.82. The van der Waals surface area contributed by atoms with Gasteiger partial charge in [-0.05, 0) is 27.4 Å². The van der Waals surface area contributed by atoms with Crippen LogP contribution in [0.3, 0.4) is 0 Å². The zero-order valence-electron chi connectivity index (χ0n) is 10.2. The third-order valence-corrected chi connectivity index (χ3v) is 7.38. The molecule has 6 nitrogen and oxygen atoms in total. The zero-order chi connectivity index (χ0) is 14.0. The summed E-state index contributed by atoms with van der Waals surface area (Å²) in [5.74, 6) is 0. The topological polar surface area (TPSA) is 66.9 Å². The van der Waals surface area contributed by atoms with Crippen molar-refractivity contribution in [1.29, 1.82) is 0 Å². The number of carbonyl (C=O) groups excluding carboxylic acids is 1. The van der Waals surface area contributed by atoms with Gasteiger partial charge in [-0.3, -0.25) is 0 Å². The van der Waals surface area contributed by atoms with Crippen LogP contribution in [0.15, 0.2) is 20.1 Å². The molecular formula is C10H13BrN2O4S2. The fraction of sp³-hybridized carbons (Fsp3) is 0.500. The van der Waals surface area contributed by atoms with Crippen molar-refractivity contribution in [3.63, 3.8) is 0 Å². The number of hydrogen-bond acceptors (Lipinski definition) is 5. The van der Waals surface area contributed by atoms with Gasteiger partial charge >= 0.3 is 6.09 Å². The lowest BCUT2D eigenvalue weighted by Gasteiger charge is -2.32. The first-order chi connectivity index (χ1) is 8.96. The van der Waals surface area contributed by atoms with Crippen LogP contribution in [0.1, 0.15) is 0 Å². The second-order valence-electron chi connectivity index (χ2n) is 3.92. The van der Waals surface area contributed by atoms with E-state index in [-0.39, 0.29) is 13.1 Å². The van der Waals surface area contributed by atoms with E-state index >= 15 is 0 Å². The number of nitrogens with zero attached hydrogens (tertiary/aromatic N) is 2. The molecule has 2 heterocycles. The van der Waals surface area contributed by atoms with Crippen molar-refractivity contribution in [2.75, 3.05) is 33.3 Å². The van der Waals surface area contributed by atoms with E-state index in [0.717, 1.165) is 0 Å². The van der Waals surface area contributed by atoms with E-state index in [1.807, 2.05) is 0 Å². The largest absolute Gasteiger partial charge is 0.453 e. The van der Waals surface area contributed by atoms with Crippen molar-refractivity contribution in [2.24, 2.45) is 0 Å². The first-order valence-electron chi connectivity index (χ1n) is 5.53. The van der Waals surface area contributed by atoms with Gasteiger partial charge in [-0.2, -0.15) is 4.31 Å². The molecule has 1 amide bonds. The molecule has 0 atom stereocenters. The number of ether oxygens (including phenoxy) is 1. The third-order valence-electron chi connectivity index (χ3n) is 2.83. The SMILES string of the molecule is COC(=O)N1CCN(S(=O)(=O)c2sccc2Br)CC1. The molecule has 0 radical (unpaired) electrons. The number of methoxy groups -OCH3 is 1. The van der Waals surface area contributed by atoms with Crippen LogP contribution < -0.4 is 0 Å². The summed E-state index contributed by atoms with van der Waals surface area (Å²) >= 11 is 4.42. The van der Waals surface area contributed by atoms with E-state index in [0.29, 0.717) is 21.8 Å². The average Bonchev–Trinajstić information content (AvgIpc) is 2.85. The van der Waals surface area contributed by atoms with E-state index in [1.165, 1.54) is 27.7 Å². The van der Waals surface area contributed by atoms with Gasteiger partial charge in [-0.15, -0.1) is 11.3 Å². The molecule has 9 heteroatoms. The highest BCUT2D eigenvalue weighted by molar-refractivity contribution is 9.10. The highest BCUT2D eigenvalue weighted by Crippen LogP contribution is 2.30. The summed E-state index contributed by atoms with van der Waals surface area (Å²) < 4.78 is 31.7. The molecule has 1 aromatic heterocycles. The minimum atomic E-state index is -3.48. The number of hydrogen-bond donors (Lipinski definition) is 0. The predicted molar refractivity (Wildman–Crippen MR) is 74.8 cm³/mol. The third kappa shape index (κ3) is 2.93. The number of piperazine rings is 1. The highest BCUT2D eigenvalue weighted by Gasteiger charge is 2.32. The van der Waals surface area contributed by atoms with Gasteiger partial charge in [0.2, 0.25) is 0 Å². The molecule has 1 saturated heterocycles. The van der Waals surface area contributed by atoms with Gasteiger partial charge in [0.25, 0.3) is 10.0 Å². The number of carbonyl (C=O) groups is 1. The van der Waals surface area contributed by atoms with Crippen molar-refractivity contribution in [3.8, 4) is 0 Å². The predicted octanol–water partition coefficient (Wildman–Crippen LogP) is 1.58. The summed E-state index contributed by atoms with van der Waals surface area (Å²) in [5, 5.41) is 1.72. The number of amides is 1. The normalized spacial score (nSPS) is 17.5. The van der Waals surface area contributed by atoms with Gasteiger partial charge in [-0.1, -0.05) is 0 Å². The van der Waals surface area contributed by atoms with E-state index in [2.05, 4.69) is 20.7 Å². The molecule has 0 bridgehead atoms. The maximum absolute atomic E-state index is 12.4. The first kappa shape index (κ1) is 14.8. The smallest absolute Gasteiger partial charge is 0.409 e. The summed E-state index contributed by atoms with van der Waals surface area (Å²) in [6.45, 7) is 1.24. The van der Waals surface area contributed by atoms with E-state index in [9.17, 15) is 13.2 Å². The second-order valence-corrected chi connectivity index (χ2v) is 7.82. The molecule has 0 aliphatic carbocycles. The van der Waals surface area contributed by atoms with Gasteiger partial charge < -0.3 is 9.64 Å². The molecule has 0 spiro atoms. The minimum absolute atomic E-state index is 0.280. The Morgan fingerprint density at radius 2 is 2.00 bits per heavy atom.